The zero-order valence-corrected chi connectivity index (χ0v) is 11.7. The summed E-state index contributed by atoms with van der Waals surface area (Å²) in [5, 5.41) is 0. The molecule has 0 saturated carbocycles. The Bertz CT molecular complexity index is 414. The Labute approximate surface area is 113 Å². The highest BCUT2D eigenvalue weighted by atomic mass is 19.1. The van der Waals surface area contributed by atoms with E-state index in [0.717, 1.165) is 12.8 Å². The summed E-state index contributed by atoms with van der Waals surface area (Å²) in [5.41, 5.74) is 0.229. The molecule has 0 unspecified atom stereocenters. The number of hydrogen-bond acceptors (Lipinski definition) is 3. The van der Waals surface area contributed by atoms with E-state index >= 15 is 0 Å². The van der Waals surface area contributed by atoms with Gasteiger partial charge in [0.15, 0.2) is 5.78 Å². The van der Waals surface area contributed by atoms with Crippen LogP contribution >= 0.6 is 0 Å². The second kappa shape index (κ2) is 7.89. The van der Waals surface area contributed by atoms with Crippen LogP contribution in [0.1, 0.15) is 37.0 Å². The van der Waals surface area contributed by atoms with Crippen molar-refractivity contribution in [3.63, 3.8) is 0 Å². The Balaban J connectivity index is 2.60. The lowest BCUT2D eigenvalue weighted by Gasteiger charge is -2.13. The number of hydrogen-bond donors (Lipinski definition) is 0. The van der Waals surface area contributed by atoms with Crippen LogP contribution in [0.3, 0.4) is 0 Å². The van der Waals surface area contributed by atoms with Crippen molar-refractivity contribution in [3.8, 4) is 5.75 Å². The number of ketones is 1. The third-order valence-electron chi connectivity index (χ3n) is 3.20. The van der Waals surface area contributed by atoms with Gasteiger partial charge in [0.1, 0.15) is 18.2 Å². The van der Waals surface area contributed by atoms with Crippen LogP contribution in [0.5, 0.6) is 5.75 Å². The van der Waals surface area contributed by atoms with Crippen molar-refractivity contribution in [2.45, 2.75) is 26.7 Å². The molecule has 19 heavy (non-hydrogen) atoms. The van der Waals surface area contributed by atoms with Gasteiger partial charge in [0.2, 0.25) is 0 Å². The smallest absolute Gasteiger partial charge is 0.192 e. The third kappa shape index (κ3) is 4.63. The zero-order valence-electron chi connectivity index (χ0n) is 11.7. The average molecular weight is 268 g/mol. The number of methoxy groups -OCH3 is 1. The van der Waals surface area contributed by atoms with Crippen molar-refractivity contribution < 1.29 is 18.7 Å². The number of carbonyl (C=O) groups excluding carboxylic acids is 1. The molecule has 106 valence electrons. The lowest BCUT2D eigenvalue weighted by Crippen LogP contribution is -2.15. The Morgan fingerprint density at radius 3 is 2.58 bits per heavy atom. The molecule has 0 atom stereocenters. The molecule has 0 aliphatic heterocycles. The molecule has 0 radical (unpaired) electrons. The van der Waals surface area contributed by atoms with Crippen molar-refractivity contribution in [1.29, 1.82) is 0 Å². The van der Waals surface area contributed by atoms with Gasteiger partial charge in [-0.15, -0.1) is 0 Å². The number of Topliss-reactive ketones (excluding diaryl/α,β-unsaturated/α-hetero) is 1. The molecule has 0 N–H and O–H groups in total. The minimum Gasteiger partial charge on any atom is -0.496 e. The number of benzene rings is 1. The monoisotopic (exact) mass is 268 g/mol. The van der Waals surface area contributed by atoms with E-state index in [-0.39, 0.29) is 18.0 Å². The maximum atomic E-state index is 13.2. The normalized spacial score (nSPS) is 10.8. The molecular weight excluding hydrogens is 247 g/mol. The summed E-state index contributed by atoms with van der Waals surface area (Å²) < 4.78 is 23.6. The second-order valence-corrected chi connectivity index (χ2v) is 4.47. The molecular formula is C15H21FO3. The molecule has 0 aliphatic rings. The first-order valence-electron chi connectivity index (χ1n) is 6.56. The van der Waals surface area contributed by atoms with Crippen LogP contribution in [0.2, 0.25) is 0 Å². The molecule has 0 heterocycles. The lowest BCUT2D eigenvalue weighted by molar-refractivity contribution is 0.0663. The Hall–Kier alpha value is -1.42. The highest BCUT2D eigenvalue weighted by Crippen LogP contribution is 2.20. The highest BCUT2D eigenvalue weighted by molar-refractivity contribution is 5.99. The van der Waals surface area contributed by atoms with Gasteiger partial charge in [-0.1, -0.05) is 26.7 Å². The van der Waals surface area contributed by atoms with Crippen molar-refractivity contribution in [3.05, 3.63) is 29.6 Å². The van der Waals surface area contributed by atoms with E-state index in [9.17, 15) is 9.18 Å². The first-order chi connectivity index (χ1) is 9.12. The quantitative estimate of drug-likeness (QED) is 0.677. The van der Waals surface area contributed by atoms with E-state index < -0.39 is 5.82 Å². The minimum atomic E-state index is -0.454. The van der Waals surface area contributed by atoms with Gasteiger partial charge < -0.3 is 9.47 Å². The van der Waals surface area contributed by atoms with Gasteiger partial charge in [0.25, 0.3) is 0 Å². The van der Waals surface area contributed by atoms with Crippen LogP contribution in [0.4, 0.5) is 4.39 Å². The average Bonchev–Trinajstić information content (AvgIpc) is 2.43. The molecule has 0 aliphatic carbocycles. The van der Waals surface area contributed by atoms with Crippen molar-refractivity contribution in [2.75, 3.05) is 20.3 Å². The Morgan fingerprint density at radius 2 is 2.00 bits per heavy atom. The van der Waals surface area contributed by atoms with E-state index in [1.807, 2.05) is 0 Å². The molecule has 1 aromatic rings. The van der Waals surface area contributed by atoms with Crippen LogP contribution in [0, 0.1) is 11.7 Å². The fraction of sp³-hybridized carbons (Fsp3) is 0.533. The number of carbonyl (C=O) groups is 1. The predicted molar refractivity (Wildman–Crippen MR) is 72.2 cm³/mol. The van der Waals surface area contributed by atoms with Gasteiger partial charge in [0.05, 0.1) is 12.7 Å². The fourth-order valence-electron chi connectivity index (χ4n) is 1.82. The summed E-state index contributed by atoms with van der Waals surface area (Å²) in [5.74, 6) is 0.117. The summed E-state index contributed by atoms with van der Waals surface area (Å²) in [6.45, 7) is 4.69. The maximum absolute atomic E-state index is 13.2. The van der Waals surface area contributed by atoms with E-state index in [1.165, 1.54) is 25.3 Å². The lowest BCUT2D eigenvalue weighted by atomic mass is 10.1. The van der Waals surface area contributed by atoms with Crippen LogP contribution in [-0.4, -0.2) is 26.1 Å². The highest BCUT2D eigenvalue weighted by Gasteiger charge is 2.14. The van der Waals surface area contributed by atoms with E-state index in [1.54, 1.807) is 0 Å². The zero-order chi connectivity index (χ0) is 14.3. The van der Waals surface area contributed by atoms with Gasteiger partial charge in [-0.3, -0.25) is 4.79 Å². The maximum Gasteiger partial charge on any atom is 0.192 e. The second-order valence-electron chi connectivity index (χ2n) is 4.47. The fourth-order valence-corrected chi connectivity index (χ4v) is 1.82. The molecule has 0 saturated heterocycles. The molecule has 0 aromatic heterocycles. The summed E-state index contributed by atoms with van der Waals surface area (Å²) in [6.07, 6.45) is 2.04. The van der Waals surface area contributed by atoms with Crippen LogP contribution in [-0.2, 0) is 4.74 Å². The standard InChI is InChI=1S/C15H21FO3/c1-4-11(5-2)9-19-10-14(17)13-8-12(16)6-7-15(13)18-3/h6-8,11H,4-5,9-10H2,1-3H3. The van der Waals surface area contributed by atoms with Gasteiger partial charge in [0, 0.05) is 6.61 Å². The topological polar surface area (TPSA) is 35.5 Å². The summed E-state index contributed by atoms with van der Waals surface area (Å²) in [6, 6.07) is 3.89. The molecule has 0 spiro atoms. The number of halogens is 1. The Kier molecular flexibility index (Phi) is 6.50. The van der Waals surface area contributed by atoms with Gasteiger partial charge in [-0.2, -0.15) is 0 Å². The first-order valence-corrected chi connectivity index (χ1v) is 6.56. The molecule has 0 fully saturated rings. The SMILES string of the molecule is CCC(CC)COCC(=O)c1cc(F)ccc1OC. The van der Waals surface area contributed by atoms with Gasteiger partial charge in [-0.05, 0) is 24.1 Å². The minimum absolute atomic E-state index is 0.0453. The molecule has 0 amide bonds. The van der Waals surface area contributed by atoms with Crippen molar-refractivity contribution >= 4 is 5.78 Å². The van der Waals surface area contributed by atoms with E-state index in [2.05, 4.69) is 13.8 Å². The number of ether oxygens (including phenoxy) is 2. The van der Waals surface area contributed by atoms with Gasteiger partial charge >= 0.3 is 0 Å². The van der Waals surface area contributed by atoms with Crippen LogP contribution < -0.4 is 4.74 Å². The largest absolute Gasteiger partial charge is 0.496 e. The summed E-state index contributed by atoms with van der Waals surface area (Å²) >= 11 is 0. The van der Waals surface area contributed by atoms with E-state index in [0.29, 0.717) is 18.3 Å². The predicted octanol–water partition coefficient (Wildman–Crippen LogP) is 3.47. The molecule has 1 rings (SSSR count). The first kappa shape index (κ1) is 15.6. The van der Waals surface area contributed by atoms with Crippen LogP contribution in [0.25, 0.3) is 0 Å². The Morgan fingerprint density at radius 1 is 1.32 bits per heavy atom. The van der Waals surface area contributed by atoms with Gasteiger partial charge in [-0.25, -0.2) is 4.39 Å². The molecule has 4 heteroatoms. The van der Waals surface area contributed by atoms with Crippen molar-refractivity contribution in [2.24, 2.45) is 5.92 Å². The van der Waals surface area contributed by atoms with Crippen LogP contribution in [0.15, 0.2) is 18.2 Å². The molecule has 0 bridgehead atoms. The molecule has 1 aromatic carbocycles. The van der Waals surface area contributed by atoms with E-state index in [4.69, 9.17) is 9.47 Å². The number of rotatable bonds is 8. The summed E-state index contributed by atoms with van der Waals surface area (Å²) in [7, 11) is 1.45. The summed E-state index contributed by atoms with van der Waals surface area (Å²) in [4.78, 5) is 12.0. The molecule has 3 nitrogen and oxygen atoms in total. The van der Waals surface area contributed by atoms with Crippen molar-refractivity contribution in [1.82, 2.24) is 0 Å². The third-order valence-corrected chi connectivity index (χ3v) is 3.20.